The van der Waals surface area contributed by atoms with E-state index in [2.05, 4.69) is 10.6 Å². The smallest absolute Gasteiger partial charge is 0.245 e. The summed E-state index contributed by atoms with van der Waals surface area (Å²) in [5.41, 5.74) is 0. The van der Waals surface area contributed by atoms with Gasteiger partial charge in [-0.25, -0.2) is 0 Å². The fourth-order valence-corrected chi connectivity index (χ4v) is 4.90. The predicted molar refractivity (Wildman–Crippen MR) is 163 cm³/mol. The average Bonchev–Trinajstić information content (AvgIpc) is 2.87. The molecule has 6 amide bonds. The molecular weight excluding hydrogens is 540 g/mol. The Balaban J connectivity index is 6.23. The van der Waals surface area contributed by atoms with Gasteiger partial charge in [-0.1, -0.05) is 41.5 Å². The molecule has 0 aromatic heterocycles. The van der Waals surface area contributed by atoms with Crippen molar-refractivity contribution in [3.05, 3.63) is 0 Å². The normalized spacial score (nSPS) is 14.9. The summed E-state index contributed by atoms with van der Waals surface area (Å²) in [5, 5.41) is 5.08. The summed E-state index contributed by atoms with van der Waals surface area (Å²) in [4.78, 5) is 83.7. The van der Waals surface area contributed by atoms with Gasteiger partial charge in [0.1, 0.15) is 30.2 Å². The summed E-state index contributed by atoms with van der Waals surface area (Å²) >= 11 is 0. The number of hydrogen-bond donors (Lipinski definition) is 2. The van der Waals surface area contributed by atoms with Gasteiger partial charge >= 0.3 is 0 Å². The monoisotopic (exact) mass is 596 g/mol. The SMILES string of the molecule is CC(=O)N[C@H](C)C(=O)N[C@@H](C)C(=O)N(C)[C@H](CC(C)C)C(=O)N(C)[C@H](CC(C)C)C(=O)N(C)[C@@H](C(=O)N(C)C)C(C)C. The van der Waals surface area contributed by atoms with Crippen LogP contribution < -0.4 is 10.6 Å². The number of carbonyl (C=O) groups excluding carboxylic acids is 6. The van der Waals surface area contributed by atoms with Crippen LogP contribution in [0.25, 0.3) is 0 Å². The molecule has 0 aliphatic carbocycles. The molecule has 0 aliphatic heterocycles. The number of rotatable bonds is 15. The molecule has 12 nitrogen and oxygen atoms in total. The van der Waals surface area contributed by atoms with Crippen molar-refractivity contribution >= 4 is 35.4 Å². The first-order valence-corrected chi connectivity index (χ1v) is 14.7. The van der Waals surface area contributed by atoms with E-state index in [0.717, 1.165) is 0 Å². The highest BCUT2D eigenvalue weighted by Gasteiger charge is 2.40. The van der Waals surface area contributed by atoms with Crippen LogP contribution >= 0.6 is 0 Å². The van der Waals surface area contributed by atoms with E-state index in [1.165, 1.54) is 47.4 Å². The molecule has 0 spiro atoms. The molecule has 5 atom stereocenters. The van der Waals surface area contributed by atoms with E-state index >= 15 is 0 Å². The Labute approximate surface area is 252 Å². The second-order valence-electron chi connectivity index (χ2n) is 12.7. The molecule has 0 saturated heterocycles. The van der Waals surface area contributed by atoms with Gasteiger partial charge in [0.25, 0.3) is 0 Å². The van der Waals surface area contributed by atoms with Crippen LogP contribution in [-0.2, 0) is 28.8 Å². The zero-order valence-corrected chi connectivity index (χ0v) is 28.3. The summed E-state index contributed by atoms with van der Waals surface area (Å²) in [5.74, 6) is -2.39. The van der Waals surface area contributed by atoms with Gasteiger partial charge in [0.15, 0.2) is 0 Å². The van der Waals surface area contributed by atoms with Gasteiger partial charge in [-0.15, -0.1) is 0 Å². The zero-order valence-electron chi connectivity index (χ0n) is 28.3. The molecule has 0 heterocycles. The first-order valence-electron chi connectivity index (χ1n) is 14.7. The van der Waals surface area contributed by atoms with Gasteiger partial charge in [0, 0.05) is 42.2 Å². The number of amides is 6. The fraction of sp³-hybridized carbons (Fsp3) is 0.800. The van der Waals surface area contributed by atoms with Gasteiger partial charge in [0.05, 0.1) is 0 Å². The Morgan fingerprint density at radius 3 is 1.31 bits per heavy atom. The average molecular weight is 597 g/mol. The quantitative estimate of drug-likeness (QED) is 0.293. The van der Waals surface area contributed by atoms with Crippen molar-refractivity contribution in [1.82, 2.24) is 30.2 Å². The minimum Gasteiger partial charge on any atom is -0.347 e. The molecule has 0 saturated carbocycles. The third-order valence-corrected chi connectivity index (χ3v) is 7.22. The summed E-state index contributed by atoms with van der Waals surface area (Å²) in [6.07, 6.45) is 0.701. The summed E-state index contributed by atoms with van der Waals surface area (Å²) in [7, 11) is 7.95. The van der Waals surface area contributed by atoms with Gasteiger partial charge < -0.3 is 30.2 Å². The van der Waals surface area contributed by atoms with Gasteiger partial charge in [-0.3, -0.25) is 28.8 Å². The number of nitrogens with zero attached hydrogens (tertiary/aromatic N) is 4. The van der Waals surface area contributed by atoms with Crippen LogP contribution in [0.15, 0.2) is 0 Å². The van der Waals surface area contributed by atoms with Crippen molar-refractivity contribution in [1.29, 1.82) is 0 Å². The van der Waals surface area contributed by atoms with Crippen LogP contribution in [0.4, 0.5) is 0 Å². The Hall–Kier alpha value is -3.18. The van der Waals surface area contributed by atoms with Crippen molar-refractivity contribution < 1.29 is 28.8 Å². The van der Waals surface area contributed by atoms with Crippen LogP contribution in [0.5, 0.6) is 0 Å². The van der Waals surface area contributed by atoms with Crippen molar-refractivity contribution in [2.75, 3.05) is 35.2 Å². The Kier molecular flexibility index (Phi) is 15.8. The van der Waals surface area contributed by atoms with E-state index in [4.69, 9.17) is 0 Å². The van der Waals surface area contributed by atoms with Gasteiger partial charge in [-0.05, 0) is 44.4 Å². The van der Waals surface area contributed by atoms with Crippen molar-refractivity contribution in [2.24, 2.45) is 17.8 Å². The van der Waals surface area contributed by atoms with Crippen LogP contribution in [0, 0.1) is 17.8 Å². The van der Waals surface area contributed by atoms with E-state index < -0.39 is 47.9 Å². The molecule has 0 aromatic carbocycles. The van der Waals surface area contributed by atoms with Crippen LogP contribution in [0.1, 0.15) is 75.2 Å². The van der Waals surface area contributed by atoms with Crippen LogP contribution in [0.2, 0.25) is 0 Å². The lowest BCUT2D eigenvalue weighted by molar-refractivity contribution is -0.154. The van der Waals surface area contributed by atoms with E-state index in [1.807, 2.05) is 41.5 Å². The first kappa shape index (κ1) is 38.8. The number of likely N-dealkylation sites (N-methyl/N-ethyl adjacent to an activating group) is 4. The van der Waals surface area contributed by atoms with Gasteiger partial charge in [-0.2, -0.15) is 0 Å². The Morgan fingerprint density at radius 1 is 0.548 bits per heavy atom. The third-order valence-electron chi connectivity index (χ3n) is 7.22. The lowest BCUT2D eigenvalue weighted by Gasteiger charge is -2.39. The molecule has 0 unspecified atom stereocenters. The first-order chi connectivity index (χ1) is 19.1. The molecule has 0 fully saturated rings. The minimum absolute atomic E-state index is 0.0391. The topological polar surface area (TPSA) is 139 Å². The van der Waals surface area contributed by atoms with Crippen LogP contribution in [-0.4, -0.2) is 120 Å². The maximum atomic E-state index is 14.0. The molecular formula is C30H56N6O6. The third kappa shape index (κ3) is 11.2. The zero-order chi connectivity index (χ0) is 33.2. The summed E-state index contributed by atoms with van der Waals surface area (Å²) in [6, 6.07) is -4.25. The van der Waals surface area contributed by atoms with Gasteiger partial charge in [0.2, 0.25) is 35.4 Å². The fourth-order valence-electron chi connectivity index (χ4n) is 4.90. The molecule has 0 rings (SSSR count). The predicted octanol–water partition coefficient (Wildman–Crippen LogP) is 1.33. The molecule has 0 aromatic rings. The molecule has 12 heteroatoms. The highest BCUT2D eigenvalue weighted by Crippen LogP contribution is 2.22. The Bertz CT molecular complexity index is 966. The summed E-state index contributed by atoms with van der Waals surface area (Å²) < 4.78 is 0. The van der Waals surface area contributed by atoms with E-state index in [0.29, 0.717) is 12.8 Å². The highest BCUT2D eigenvalue weighted by atomic mass is 16.2. The largest absolute Gasteiger partial charge is 0.347 e. The second kappa shape index (κ2) is 17.1. The van der Waals surface area contributed by atoms with Crippen molar-refractivity contribution in [3.8, 4) is 0 Å². The van der Waals surface area contributed by atoms with E-state index in [1.54, 1.807) is 28.2 Å². The van der Waals surface area contributed by atoms with Crippen molar-refractivity contribution in [3.63, 3.8) is 0 Å². The minimum atomic E-state index is -0.963. The van der Waals surface area contributed by atoms with E-state index in [9.17, 15) is 28.8 Å². The molecule has 0 radical (unpaired) electrons. The molecule has 0 aliphatic rings. The molecule has 42 heavy (non-hydrogen) atoms. The lowest BCUT2D eigenvalue weighted by atomic mass is 9.95. The maximum absolute atomic E-state index is 14.0. The number of carbonyl (C=O) groups is 6. The molecule has 0 bridgehead atoms. The second-order valence-corrected chi connectivity index (χ2v) is 12.7. The van der Waals surface area contributed by atoms with E-state index in [-0.39, 0.29) is 35.5 Å². The van der Waals surface area contributed by atoms with Crippen LogP contribution in [0.3, 0.4) is 0 Å². The Morgan fingerprint density at radius 2 is 0.952 bits per heavy atom. The lowest BCUT2D eigenvalue weighted by Crippen LogP contribution is -2.60. The highest BCUT2D eigenvalue weighted by molar-refractivity contribution is 5.96. The molecule has 242 valence electrons. The molecule has 2 N–H and O–H groups in total. The number of hydrogen-bond acceptors (Lipinski definition) is 6. The standard InChI is InChI=1S/C30H56N6O6/c1-17(2)15-23(34(12)27(39)21(8)32-26(38)20(7)31-22(9)37)28(40)35(13)24(16-18(3)4)29(41)36(14)25(19(5)6)30(42)33(10)11/h17-21,23-25H,15-16H2,1-14H3,(H,31,37)(H,32,38)/t20-,21+,23-,24-,25-/m1/s1. The maximum Gasteiger partial charge on any atom is 0.245 e. The summed E-state index contributed by atoms with van der Waals surface area (Å²) in [6.45, 7) is 15.9. The number of nitrogens with one attached hydrogen (secondary N) is 2. The van der Waals surface area contributed by atoms with Crippen molar-refractivity contribution in [2.45, 2.75) is 105 Å².